The number of rotatable bonds is 7. The van der Waals surface area contributed by atoms with Gasteiger partial charge in [-0.2, -0.15) is 13.2 Å². The second kappa shape index (κ2) is 10.9. The first-order chi connectivity index (χ1) is 16.4. The summed E-state index contributed by atoms with van der Waals surface area (Å²) < 4.78 is 75.4. The van der Waals surface area contributed by atoms with Crippen molar-refractivity contribution >= 4 is 28.7 Å². The van der Waals surface area contributed by atoms with Crippen LogP contribution in [0.3, 0.4) is 0 Å². The summed E-state index contributed by atoms with van der Waals surface area (Å²) in [4.78, 5) is 20.5. The Morgan fingerprint density at radius 3 is 2.46 bits per heavy atom. The molecule has 2 unspecified atom stereocenters. The van der Waals surface area contributed by atoms with Crippen molar-refractivity contribution in [2.24, 2.45) is 0 Å². The van der Waals surface area contributed by atoms with Gasteiger partial charge in [0, 0.05) is 45.3 Å². The van der Waals surface area contributed by atoms with E-state index in [1.807, 2.05) is 7.05 Å². The zero-order valence-electron chi connectivity index (χ0n) is 19.5. The number of carbonyl (C=O) groups is 1. The molecular formula is C22H27F4N5O3S. The van der Waals surface area contributed by atoms with E-state index in [2.05, 4.69) is 15.2 Å². The summed E-state index contributed by atoms with van der Waals surface area (Å²) in [5.74, 6) is -1.83. The van der Waals surface area contributed by atoms with Crippen LogP contribution in [0.15, 0.2) is 30.3 Å². The molecule has 1 aromatic carbocycles. The molecule has 2 aromatic rings. The fourth-order valence-corrected chi connectivity index (χ4v) is 4.00. The van der Waals surface area contributed by atoms with Gasteiger partial charge in [-0.3, -0.25) is 13.7 Å². The van der Waals surface area contributed by atoms with Crippen LogP contribution in [0, 0.1) is 5.82 Å². The number of carbonyl (C=O) groups excluding carboxylic acids is 1. The zero-order valence-corrected chi connectivity index (χ0v) is 20.3. The quantitative estimate of drug-likeness (QED) is 0.434. The maximum Gasteiger partial charge on any atom is 0.433 e. The topological polar surface area (TPSA) is 89.0 Å². The van der Waals surface area contributed by atoms with Crippen LogP contribution in [0.25, 0.3) is 0 Å². The van der Waals surface area contributed by atoms with Crippen molar-refractivity contribution in [3.8, 4) is 0 Å². The number of nitrogens with zero attached hydrogens (tertiary/aromatic N) is 4. The number of alkyl halides is 3. The summed E-state index contributed by atoms with van der Waals surface area (Å²) in [6.07, 6.45) is -4.59. The molecule has 1 aliphatic heterocycles. The summed E-state index contributed by atoms with van der Waals surface area (Å²) in [7, 11) is 3.18. The Bertz CT molecular complexity index is 1090. The molecule has 35 heavy (non-hydrogen) atoms. The second-order valence-corrected chi connectivity index (χ2v) is 9.35. The normalized spacial score (nSPS) is 16.6. The molecule has 1 saturated heterocycles. The number of piperazine rings is 1. The summed E-state index contributed by atoms with van der Waals surface area (Å²) in [5.41, 5.74) is -0.323. The third-order valence-corrected chi connectivity index (χ3v) is 6.61. The number of hydrogen-bond acceptors (Lipinski definition) is 5. The zero-order chi connectivity index (χ0) is 25.9. The average Bonchev–Trinajstić information content (AvgIpc) is 2.81. The van der Waals surface area contributed by atoms with Crippen LogP contribution in [0.5, 0.6) is 0 Å². The smallest absolute Gasteiger partial charge is 0.354 e. The summed E-state index contributed by atoms with van der Waals surface area (Å²) in [5, 5.41) is 2.70. The summed E-state index contributed by atoms with van der Waals surface area (Å²) in [6, 6.07) is 6.08. The van der Waals surface area contributed by atoms with Gasteiger partial charge in [-0.25, -0.2) is 13.6 Å². The Hall–Kier alpha value is -2.77. The van der Waals surface area contributed by atoms with E-state index in [0.29, 0.717) is 37.3 Å². The van der Waals surface area contributed by atoms with Crippen molar-refractivity contribution in [2.75, 3.05) is 49.5 Å². The molecule has 2 N–H and O–H groups in total. The molecule has 1 aromatic heterocycles. The molecule has 2 atom stereocenters. The molecule has 8 nitrogen and oxygen atoms in total. The van der Waals surface area contributed by atoms with Crippen LogP contribution in [0.1, 0.15) is 29.7 Å². The van der Waals surface area contributed by atoms with E-state index in [-0.39, 0.29) is 18.1 Å². The molecule has 0 spiro atoms. The maximum atomic E-state index is 14.4. The van der Waals surface area contributed by atoms with Crippen LogP contribution in [0.2, 0.25) is 0 Å². The number of hydrogen-bond donors (Lipinski definition) is 2. The summed E-state index contributed by atoms with van der Waals surface area (Å²) in [6.45, 7) is 3.84. The average molecular weight is 518 g/mol. The van der Waals surface area contributed by atoms with Crippen molar-refractivity contribution < 1.29 is 31.1 Å². The van der Waals surface area contributed by atoms with Gasteiger partial charge in [-0.15, -0.1) is 0 Å². The number of benzene rings is 1. The number of nitrogens with one attached hydrogen (secondary N) is 1. The van der Waals surface area contributed by atoms with Gasteiger partial charge >= 0.3 is 6.18 Å². The van der Waals surface area contributed by atoms with Gasteiger partial charge in [0.15, 0.2) is 0 Å². The minimum absolute atomic E-state index is 0.0528. The third-order valence-electron chi connectivity index (χ3n) is 5.94. The van der Waals surface area contributed by atoms with E-state index in [0.717, 1.165) is 16.4 Å². The highest BCUT2D eigenvalue weighted by atomic mass is 32.2. The standard InChI is InChI=1S/C22H27F4N5O3S/c1-14(15-4-6-18(17(23)12-15)30(3)35(33)34)21(32)27-13-16-5-7-19(22(24,25)26)28-20(16)31-10-8-29(2)9-11-31/h4-7,12,14H,8-11,13H2,1-3H3,(H,27,32)(H,33,34). The fourth-order valence-electron chi connectivity index (χ4n) is 3.68. The van der Waals surface area contributed by atoms with Gasteiger partial charge in [0.1, 0.15) is 17.3 Å². The molecule has 13 heteroatoms. The van der Waals surface area contributed by atoms with Crippen molar-refractivity contribution in [3.05, 3.63) is 53.0 Å². The minimum atomic E-state index is -4.59. The lowest BCUT2D eigenvalue weighted by molar-refractivity contribution is -0.141. The molecule has 192 valence electrons. The molecule has 0 aliphatic carbocycles. The van der Waals surface area contributed by atoms with E-state index < -0.39 is 40.8 Å². The van der Waals surface area contributed by atoms with Gasteiger partial charge in [-0.05, 0) is 37.7 Å². The first-order valence-electron chi connectivity index (χ1n) is 10.8. The molecule has 1 aliphatic rings. The Morgan fingerprint density at radius 1 is 1.23 bits per heavy atom. The van der Waals surface area contributed by atoms with E-state index in [1.165, 1.54) is 25.2 Å². The van der Waals surface area contributed by atoms with E-state index in [9.17, 15) is 26.6 Å². The lowest BCUT2D eigenvalue weighted by Crippen LogP contribution is -2.45. The number of pyridine rings is 1. The van der Waals surface area contributed by atoms with Crippen molar-refractivity contribution in [3.63, 3.8) is 0 Å². The van der Waals surface area contributed by atoms with Crippen LogP contribution >= 0.6 is 0 Å². The predicted molar refractivity (Wildman–Crippen MR) is 125 cm³/mol. The highest BCUT2D eigenvalue weighted by molar-refractivity contribution is 7.80. The molecule has 0 radical (unpaired) electrons. The van der Waals surface area contributed by atoms with Crippen LogP contribution in [-0.2, 0) is 28.8 Å². The van der Waals surface area contributed by atoms with Crippen LogP contribution in [-0.4, -0.2) is 64.8 Å². The Balaban J connectivity index is 1.76. The molecule has 0 bridgehead atoms. The second-order valence-electron chi connectivity index (χ2n) is 8.35. The SMILES string of the molecule is CC(C(=O)NCc1ccc(C(F)(F)F)nc1N1CCN(C)CC1)c1ccc(N(C)S(=O)O)c(F)c1. The lowest BCUT2D eigenvalue weighted by atomic mass is 9.99. The van der Waals surface area contributed by atoms with Crippen molar-refractivity contribution in [1.82, 2.24) is 15.2 Å². The number of halogens is 4. The van der Waals surface area contributed by atoms with Gasteiger partial charge in [0.05, 0.1) is 11.6 Å². The lowest BCUT2D eigenvalue weighted by Gasteiger charge is -2.34. The minimum Gasteiger partial charge on any atom is -0.354 e. The van der Waals surface area contributed by atoms with Crippen molar-refractivity contribution in [1.29, 1.82) is 0 Å². The Kier molecular flexibility index (Phi) is 8.34. The van der Waals surface area contributed by atoms with Gasteiger partial charge in [0.2, 0.25) is 5.91 Å². The number of likely N-dealkylation sites (N-methyl/N-ethyl adjacent to an activating group) is 1. The molecule has 1 amide bonds. The monoisotopic (exact) mass is 517 g/mol. The van der Waals surface area contributed by atoms with Crippen LogP contribution in [0.4, 0.5) is 29.1 Å². The third kappa shape index (κ3) is 6.47. The van der Waals surface area contributed by atoms with Crippen LogP contribution < -0.4 is 14.5 Å². The molecular weight excluding hydrogens is 490 g/mol. The van der Waals surface area contributed by atoms with Gasteiger partial charge in [0.25, 0.3) is 11.3 Å². The predicted octanol–water partition coefficient (Wildman–Crippen LogP) is 2.98. The highest BCUT2D eigenvalue weighted by Crippen LogP contribution is 2.31. The van der Waals surface area contributed by atoms with Gasteiger partial charge < -0.3 is 15.1 Å². The number of anilines is 2. The maximum absolute atomic E-state index is 14.4. The molecule has 0 saturated carbocycles. The van der Waals surface area contributed by atoms with E-state index >= 15 is 0 Å². The Morgan fingerprint density at radius 2 is 1.89 bits per heavy atom. The first kappa shape index (κ1) is 26.8. The molecule has 3 rings (SSSR count). The number of aromatic nitrogens is 1. The van der Waals surface area contributed by atoms with Gasteiger partial charge in [-0.1, -0.05) is 12.1 Å². The highest BCUT2D eigenvalue weighted by Gasteiger charge is 2.34. The largest absolute Gasteiger partial charge is 0.433 e. The van der Waals surface area contributed by atoms with E-state index in [4.69, 9.17) is 4.55 Å². The van der Waals surface area contributed by atoms with E-state index in [1.54, 1.807) is 11.8 Å². The fraction of sp³-hybridized carbons (Fsp3) is 0.455. The molecule has 1 fully saturated rings. The number of amides is 1. The Labute approximate surface area is 203 Å². The molecule has 2 heterocycles. The first-order valence-corrected chi connectivity index (χ1v) is 11.9. The van der Waals surface area contributed by atoms with Crippen molar-refractivity contribution in [2.45, 2.75) is 25.6 Å². The summed E-state index contributed by atoms with van der Waals surface area (Å²) >= 11 is -2.40.